The van der Waals surface area contributed by atoms with Crippen LogP contribution in [0.5, 0.6) is 11.5 Å². The maximum Gasteiger partial charge on any atom is 0.253 e. The summed E-state index contributed by atoms with van der Waals surface area (Å²) in [6.07, 6.45) is 1.55. The van der Waals surface area contributed by atoms with Gasteiger partial charge in [-0.1, -0.05) is 0 Å². The van der Waals surface area contributed by atoms with E-state index in [0.29, 0.717) is 35.1 Å². The van der Waals surface area contributed by atoms with Crippen LogP contribution >= 0.6 is 0 Å². The molecule has 1 heterocycles. The number of rotatable bonds is 5. The topological polar surface area (TPSA) is 86.7 Å². The van der Waals surface area contributed by atoms with E-state index < -0.39 is 0 Å². The van der Waals surface area contributed by atoms with Gasteiger partial charge in [-0.05, 0) is 18.2 Å². The van der Waals surface area contributed by atoms with E-state index in [9.17, 15) is 4.79 Å². The number of carbonyl (C=O) groups excluding carboxylic acids is 1. The molecule has 0 saturated carbocycles. The maximum atomic E-state index is 12.1. The lowest BCUT2D eigenvalue weighted by Crippen LogP contribution is -2.23. The monoisotopic (exact) mass is 276 g/mol. The average Bonchev–Trinajstić information content (AvgIpc) is 2.97. The highest BCUT2D eigenvalue weighted by atomic mass is 16.5. The number of nitrogen functional groups attached to an aromatic ring is 1. The molecule has 0 aliphatic rings. The summed E-state index contributed by atoms with van der Waals surface area (Å²) >= 11 is 0. The van der Waals surface area contributed by atoms with Crippen molar-refractivity contribution in [3.05, 3.63) is 41.9 Å². The quantitative estimate of drug-likeness (QED) is 0.813. The van der Waals surface area contributed by atoms with Gasteiger partial charge in [0.05, 0.1) is 32.6 Å². The number of benzene rings is 1. The summed E-state index contributed by atoms with van der Waals surface area (Å²) in [5.74, 6) is 1.29. The van der Waals surface area contributed by atoms with Crippen LogP contribution in [0.15, 0.2) is 34.9 Å². The van der Waals surface area contributed by atoms with Crippen LogP contribution in [0.3, 0.4) is 0 Å². The van der Waals surface area contributed by atoms with Gasteiger partial charge in [-0.25, -0.2) is 0 Å². The van der Waals surface area contributed by atoms with Crippen molar-refractivity contribution in [3.8, 4) is 11.5 Å². The number of nitrogens with two attached hydrogens (primary N) is 1. The van der Waals surface area contributed by atoms with E-state index in [-0.39, 0.29) is 5.91 Å². The third-order valence-corrected chi connectivity index (χ3v) is 2.80. The highest BCUT2D eigenvalue weighted by Crippen LogP contribution is 2.31. The minimum Gasteiger partial charge on any atom is -0.493 e. The molecule has 0 saturated heterocycles. The normalized spacial score (nSPS) is 10.1. The van der Waals surface area contributed by atoms with Gasteiger partial charge in [-0.3, -0.25) is 4.79 Å². The predicted octanol–water partition coefficient (Wildman–Crippen LogP) is 1.81. The third-order valence-electron chi connectivity index (χ3n) is 2.80. The van der Waals surface area contributed by atoms with Gasteiger partial charge in [0.25, 0.3) is 5.91 Å². The standard InChI is InChI=1S/C14H16N2O4/c1-18-12-6-10(11(15)7-13(12)19-2)14(17)16-8-9-4-3-5-20-9/h3-7H,8,15H2,1-2H3,(H,16,17). The third kappa shape index (κ3) is 2.85. The molecule has 0 aliphatic carbocycles. The Morgan fingerprint density at radius 2 is 2.00 bits per heavy atom. The SMILES string of the molecule is COc1cc(N)c(C(=O)NCc2ccco2)cc1OC. The first-order valence-electron chi connectivity index (χ1n) is 5.97. The zero-order valence-corrected chi connectivity index (χ0v) is 11.3. The molecule has 0 unspecified atom stereocenters. The molecular formula is C14H16N2O4. The van der Waals surface area contributed by atoms with Gasteiger partial charge in [-0.15, -0.1) is 0 Å². The van der Waals surface area contributed by atoms with E-state index in [1.54, 1.807) is 30.5 Å². The number of methoxy groups -OCH3 is 2. The van der Waals surface area contributed by atoms with Crippen molar-refractivity contribution in [3.63, 3.8) is 0 Å². The van der Waals surface area contributed by atoms with Gasteiger partial charge in [0.2, 0.25) is 0 Å². The van der Waals surface area contributed by atoms with Gasteiger partial charge < -0.3 is 24.9 Å². The van der Waals surface area contributed by atoms with Crippen LogP contribution in [-0.2, 0) is 6.54 Å². The molecule has 0 spiro atoms. The molecule has 2 rings (SSSR count). The zero-order valence-electron chi connectivity index (χ0n) is 11.3. The van der Waals surface area contributed by atoms with E-state index in [4.69, 9.17) is 19.6 Å². The van der Waals surface area contributed by atoms with Crippen LogP contribution < -0.4 is 20.5 Å². The molecule has 1 amide bonds. The molecule has 0 bridgehead atoms. The summed E-state index contributed by atoms with van der Waals surface area (Å²) in [6.45, 7) is 0.291. The van der Waals surface area contributed by atoms with Gasteiger partial charge in [-0.2, -0.15) is 0 Å². The van der Waals surface area contributed by atoms with Gasteiger partial charge in [0.15, 0.2) is 11.5 Å². The van der Waals surface area contributed by atoms with Gasteiger partial charge >= 0.3 is 0 Å². The van der Waals surface area contributed by atoms with E-state index in [2.05, 4.69) is 5.32 Å². The molecular weight excluding hydrogens is 260 g/mol. The van der Waals surface area contributed by atoms with Gasteiger partial charge in [0, 0.05) is 11.8 Å². The van der Waals surface area contributed by atoms with Crippen LogP contribution in [0, 0.1) is 0 Å². The molecule has 6 nitrogen and oxygen atoms in total. The molecule has 0 atom stereocenters. The lowest BCUT2D eigenvalue weighted by molar-refractivity contribution is 0.0948. The summed E-state index contributed by atoms with van der Waals surface area (Å²) in [4.78, 5) is 12.1. The Morgan fingerprint density at radius 1 is 1.30 bits per heavy atom. The van der Waals surface area contributed by atoms with Crippen LogP contribution in [-0.4, -0.2) is 20.1 Å². The Labute approximate surface area is 116 Å². The van der Waals surface area contributed by atoms with Crippen molar-refractivity contribution in [1.29, 1.82) is 0 Å². The van der Waals surface area contributed by atoms with Crippen molar-refractivity contribution in [2.24, 2.45) is 0 Å². The Balaban J connectivity index is 2.16. The molecule has 3 N–H and O–H groups in total. The summed E-state index contributed by atoms with van der Waals surface area (Å²) in [7, 11) is 3.01. The van der Waals surface area contributed by atoms with Crippen molar-refractivity contribution < 1.29 is 18.7 Å². The van der Waals surface area contributed by atoms with Crippen molar-refractivity contribution in [2.45, 2.75) is 6.54 Å². The maximum absolute atomic E-state index is 12.1. The van der Waals surface area contributed by atoms with Crippen LogP contribution in [0.2, 0.25) is 0 Å². The molecule has 2 aromatic rings. The average molecular weight is 276 g/mol. The highest BCUT2D eigenvalue weighted by molar-refractivity contribution is 6.00. The van der Waals surface area contributed by atoms with Crippen LogP contribution in [0.25, 0.3) is 0 Å². The lowest BCUT2D eigenvalue weighted by atomic mass is 10.1. The fourth-order valence-corrected chi connectivity index (χ4v) is 1.77. The first-order chi connectivity index (χ1) is 9.65. The molecule has 6 heteroatoms. The Bertz CT molecular complexity index is 593. The summed E-state index contributed by atoms with van der Waals surface area (Å²) in [5, 5.41) is 2.72. The molecule has 0 fully saturated rings. The fourth-order valence-electron chi connectivity index (χ4n) is 1.77. The Hall–Kier alpha value is -2.63. The number of hydrogen-bond donors (Lipinski definition) is 2. The van der Waals surface area contributed by atoms with E-state index >= 15 is 0 Å². The van der Waals surface area contributed by atoms with Crippen LogP contribution in [0.4, 0.5) is 5.69 Å². The molecule has 1 aromatic carbocycles. The number of furan rings is 1. The number of amides is 1. The predicted molar refractivity (Wildman–Crippen MR) is 73.8 cm³/mol. The Morgan fingerprint density at radius 3 is 2.60 bits per heavy atom. The van der Waals surface area contributed by atoms with Crippen molar-refractivity contribution >= 4 is 11.6 Å². The molecule has 0 radical (unpaired) electrons. The largest absolute Gasteiger partial charge is 0.493 e. The molecule has 106 valence electrons. The van der Waals surface area contributed by atoms with E-state index in [1.807, 2.05) is 0 Å². The minimum atomic E-state index is -0.306. The van der Waals surface area contributed by atoms with Gasteiger partial charge in [0.1, 0.15) is 5.76 Å². The number of ether oxygens (including phenoxy) is 2. The number of nitrogens with one attached hydrogen (secondary N) is 1. The zero-order chi connectivity index (χ0) is 14.5. The molecule has 0 aliphatic heterocycles. The second-order valence-electron chi connectivity index (χ2n) is 4.06. The first-order valence-corrected chi connectivity index (χ1v) is 5.97. The highest BCUT2D eigenvalue weighted by Gasteiger charge is 2.15. The van der Waals surface area contributed by atoms with E-state index in [0.717, 1.165) is 0 Å². The lowest BCUT2D eigenvalue weighted by Gasteiger charge is -2.12. The fraction of sp³-hybridized carbons (Fsp3) is 0.214. The second kappa shape index (κ2) is 6.01. The first kappa shape index (κ1) is 13.8. The number of carbonyl (C=O) groups is 1. The summed E-state index contributed by atoms with van der Waals surface area (Å²) in [6, 6.07) is 6.64. The number of anilines is 1. The molecule has 20 heavy (non-hydrogen) atoms. The minimum absolute atomic E-state index is 0.291. The van der Waals surface area contributed by atoms with Crippen molar-refractivity contribution in [2.75, 3.05) is 20.0 Å². The Kier molecular flexibility index (Phi) is 4.14. The van der Waals surface area contributed by atoms with Crippen molar-refractivity contribution in [1.82, 2.24) is 5.32 Å². The second-order valence-corrected chi connectivity index (χ2v) is 4.06. The number of hydrogen-bond acceptors (Lipinski definition) is 5. The smallest absolute Gasteiger partial charge is 0.253 e. The molecule has 1 aromatic heterocycles. The van der Waals surface area contributed by atoms with E-state index in [1.165, 1.54) is 14.2 Å². The summed E-state index contributed by atoms with van der Waals surface area (Å²) < 4.78 is 15.4. The summed E-state index contributed by atoms with van der Waals surface area (Å²) in [5.41, 5.74) is 6.50. The van der Waals surface area contributed by atoms with Crippen LogP contribution in [0.1, 0.15) is 16.1 Å².